The summed E-state index contributed by atoms with van der Waals surface area (Å²) in [5.41, 5.74) is 1.44. The summed E-state index contributed by atoms with van der Waals surface area (Å²) in [7, 11) is 0.181. The van der Waals surface area contributed by atoms with Gasteiger partial charge < -0.3 is 15.5 Å². The predicted octanol–water partition coefficient (Wildman–Crippen LogP) is 1.24. The first-order valence-corrected chi connectivity index (χ1v) is 9.53. The van der Waals surface area contributed by atoms with Crippen molar-refractivity contribution >= 4 is 21.7 Å². The average molecular weight is 377 g/mol. The molecular weight excluding hydrogens is 354 g/mol. The van der Waals surface area contributed by atoms with E-state index in [1.54, 1.807) is 24.5 Å². The number of benzene rings is 1. The number of carbonyl (C=O) groups is 1. The topological polar surface area (TPSA) is 103 Å². The van der Waals surface area contributed by atoms with Crippen LogP contribution in [0.5, 0.6) is 0 Å². The van der Waals surface area contributed by atoms with E-state index in [4.69, 9.17) is 0 Å². The number of sulfonamides is 1. The summed E-state index contributed by atoms with van der Waals surface area (Å²) in [6, 6.07) is 9.25. The highest BCUT2D eigenvalue weighted by Crippen LogP contribution is 2.13. The van der Waals surface area contributed by atoms with Gasteiger partial charge in [-0.3, -0.25) is 4.98 Å². The molecule has 1 aromatic heterocycles. The summed E-state index contributed by atoms with van der Waals surface area (Å²) in [4.78, 5) is 17.9. The molecule has 0 saturated carbocycles. The number of nitrogens with one attached hydrogen (secondary N) is 3. The molecule has 140 valence electrons. The lowest BCUT2D eigenvalue weighted by Gasteiger charge is -2.11. The number of hydrogen-bond acceptors (Lipinski definition) is 5. The maximum Gasteiger partial charge on any atom is 0.319 e. The molecular formula is C17H23N5O3S. The SMILES string of the molecule is CN(C)CCNS(=O)(=O)c1ccc(NC(=O)NCc2ccncc2)cc1. The molecule has 0 aliphatic heterocycles. The van der Waals surface area contributed by atoms with Gasteiger partial charge in [-0.2, -0.15) is 0 Å². The first kappa shape index (κ1) is 19.8. The van der Waals surface area contributed by atoms with E-state index in [-0.39, 0.29) is 10.9 Å². The zero-order valence-electron chi connectivity index (χ0n) is 14.8. The maximum atomic E-state index is 12.2. The number of amides is 2. The van der Waals surface area contributed by atoms with Crippen molar-refractivity contribution < 1.29 is 13.2 Å². The molecule has 0 radical (unpaired) electrons. The number of rotatable bonds is 8. The molecule has 0 unspecified atom stereocenters. The van der Waals surface area contributed by atoms with E-state index in [9.17, 15) is 13.2 Å². The third-order valence-corrected chi connectivity index (χ3v) is 4.95. The number of pyridine rings is 1. The van der Waals surface area contributed by atoms with E-state index < -0.39 is 10.0 Å². The Hall–Kier alpha value is -2.49. The zero-order valence-corrected chi connectivity index (χ0v) is 15.6. The van der Waals surface area contributed by atoms with Gasteiger partial charge in [0.05, 0.1) is 4.90 Å². The third-order valence-electron chi connectivity index (χ3n) is 3.48. The summed E-state index contributed by atoms with van der Waals surface area (Å²) in [5, 5.41) is 5.38. The minimum Gasteiger partial charge on any atom is -0.334 e. The Morgan fingerprint density at radius 1 is 1.08 bits per heavy atom. The highest BCUT2D eigenvalue weighted by atomic mass is 32.2. The molecule has 26 heavy (non-hydrogen) atoms. The van der Waals surface area contributed by atoms with Gasteiger partial charge in [-0.05, 0) is 56.1 Å². The molecule has 1 aromatic carbocycles. The molecule has 0 saturated heterocycles. The summed E-state index contributed by atoms with van der Waals surface area (Å²) < 4.78 is 26.9. The van der Waals surface area contributed by atoms with Gasteiger partial charge in [0.1, 0.15) is 0 Å². The molecule has 2 rings (SSSR count). The van der Waals surface area contributed by atoms with Crippen LogP contribution in [0.4, 0.5) is 10.5 Å². The van der Waals surface area contributed by atoms with Gasteiger partial charge in [0.25, 0.3) is 0 Å². The van der Waals surface area contributed by atoms with Gasteiger partial charge in [-0.25, -0.2) is 17.9 Å². The molecule has 3 N–H and O–H groups in total. The predicted molar refractivity (Wildman–Crippen MR) is 100 cm³/mol. The molecule has 0 bridgehead atoms. The lowest BCUT2D eigenvalue weighted by atomic mass is 10.3. The molecule has 0 aliphatic rings. The second-order valence-electron chi connectivity index (χ2n) is 5.89. The van der Waals surface area contributed by atoms with Crippen molar-refractivity contribution in [1.29, 1.82) is 0 Å². The van der Waals surface area contributed by atoms with Crippen LogP contribution in [0.1, 0.15) is 5.56 Å². The van der Waals surface area contributed by atoms with Crippen LogP contribution in [0.3, 0.4) is 0 Å². The minimum atomic E-state index is -3.56. The maximum absolute atomic E-state index is 12.2. The van der Waals surface area contributed by atoms with Crippen LogP contribution >= 0.6 is 0 Å². The average Bonchev–Trinajstić information content (AvgIpc) is 2.61. The van der Waals surface area contributed by atoms with Crippen LogP contribution < -0.4 is 15.4 Å². The van der Waals surface area contributed by atoms with E-state index in [0.717, 1.165) is 5.56 Å². The largest absolute Gasteiger partial charge is 0.334 e. The lowest BCUT2D eigenvalue weighted by molar-refractivity contribution is 0.251. The Morgan fingerprint density at radius 2 is 1.73 bits per heavy atom. The van der Waals surface area contributed by atoms with Crippen molar-refractivity contribution in [1.82, 2.24) is 19.9 Å². The van der Waals surface area contributed by atoms with Crippen molar-refractivity contribution in [2.24, 2.45) is 0 Å². The van der Waals surface area contributed by atoms with Gasteiger partial charge >= 0.3 is 6.03 Å². The molecule has 0 fully saturated rings. The van der Waals surface area contributed by atoms with Crippen LogP contribution in [-0.2, 0) is 16.6 Å². The van der Waals surface area contributed by atoms with Gasteiger partial charge in [0.2, 0.25) is 10.0 Å². The number of urea groups is 1. The van der Waals surface area contributed by atoms with E-state index in [1.807, 2.05) is 31.1 Å². The zero-order chi connectivity index (χ0) is 19.0. The van der Waals surface area contributed by atoms with Crippen molar-refractivity contribution in [2.45, 2.75) is 11.4 Å². The Bertz CT molecular complexity index is 808. The normalized spacial score (nSPS) is 11.3. The summed E-state index contributed by atoms with van der Waals surface area (Å²) in [5.74, 6) is 0. The minimum absolute atomic E-state index is 0.152. The monoisotopic (exact) mass is 377 g/mol. The number of hydrogen-bond donors (Lipinski definition) is 3. The number of nitrogens with zero attached hydrogens (tertiary/aromatic N) is 2. The van der Waals surface area contributed by atoms with E-state index >= 15 is 0 Å². The summed E-state index contributed by atoms with van der Waals surface area (Å²) in [6.07, 6.45) is 3.31. The van der Waals surface area contributed by atoms with E-state index in [1.165, 1.54) is 12.1 Å². The van der Waals surface area contributed by atoms with Gasteiger partial charge in [-0.15, -0.1) is 0 Å². The molecule has 8 nitrogen and oxygen atoms in total. The van der Waals surface area contributed by atoms with Crippen molar-refractivity contribution in [2.75, 3.05) is 32.5 Å². The second-order valence-corrected chi connectivity index (χ2v) is 7.66. The van der Waals surface area contributed by atoms with Gasteiger partial charge in [0.15, 0.2) is 0 Å². The summed E-state index contributed by atoms with van der Waals surface area (Å²) in [6.45, 7) is 1.31. The van der Waals surface area contributed by atoms with Crippen LogP contribution in [0, 0.1) is 0 Å². The molecule has 9 heteroatoms. The molecule has 0 aliphatic carbocycles. The fraction of sp³-hybridized carbons (Fsp3) is 0.294. The second kappa shape index (κ2) is 9.27. The third kappa shape index (κ3) is 6.43. The van der Waals surface area contributed by atoms with Crippen molar-refractivity contribution in [3.05, 3.63) is 54.4 Å². The first-order valence-electron chi connectivity index (χ1n) is 8.05. The van der Waals surface area contributed by atoms with Crippen LogP contribution in [0.2, 0.25) is 0 Å². The number of likely N-dealkylation sites (N-methyl/N-ethyl adjacent to an activating group) is 1. The first-order chi connectivity index (χ1) is 12.4. The van der Waals surface area contributed by atoms with Gasteiger partial charge in [-0.1, -0.05) is 0 Å². The standard InChI is InChI=1S/C17H23N5O3S/c1-22(2)12-11-20-26(24,25)16-5-3-15(4-6-16)21-17(23)19-13-14-7-9-18-10-8-14/h3-10,20H,11-13H2,1-2H3,(H2,19,21,23). The Kier molecular flexibility index (Phi) is 7.07. The van der Waals surface area contributed by atoms with Crippen LogP contribution in [0.25, 0.3) is 0 Å². The van der Waals surface area contributed by atoms with Crippen LogP contribution in [0.15, 0.2) is 53.7 Å². The Labute approximate surface area is 153 Å². The highest BCUT2D eigenvalue weighted by Gasteiger charge is 2.13. The molecule has 1 heterocycles. The van der Waals surface area contributed by atoms with Crippen LogP contribution in [-0.4, -0.2) is 51.5 Å². The van der Waals surface area contributed by atoms with Crippen molar-refractivity contribution in [3.8, 4) is 0 Å². The smallest absolute Gasteiger partial charge is 0.319 e. The number of aromatic nitrogens is 1. The molecule has 2 aromatic rings. The Morgan fingerprint density at radius 3 is 2.35 bits per heavy atom. The molecule has 2 amide bonds. The van der Waals surface area contributed by atoms with Gasteiger partial charge in [0, 0.05) is 37.7 Å². The lowest BCUT2D eigenvalue weighted by Crippen LogP contribution is -2.31. The van der Waals surface area contributed by atoms with E-state index in [0.29, 0.717) is 25.3 Å². The number of anilines is 1. The molecule has 0 atom stereocenters. The fourth-order valence-electron chi connectivity index (χ4n) is 2.06. The number of carbonyl (C=O) groups excluding carboxylic acids is 1. The fourth-order valence-corrected chi connectivity index (χ4v) is 3.08. The Balaban J connectivity index is 1.87. The highest BCUT2D eigenvalue weighted by molar-refractivity contribution is 7.89. The summed E-state index contributed by atoms with van der Waals surface area (Å²) >= 11 is 0. The van der Waals surface area contributed by atoms with E-state index in [2.05, 4.69) is 20.3 Å². The van der Waals surface area contributed by atoms with Crippen molar-refractivity contribution in [3.63, 3.8) is 0 Å². The molecule has 0 spiro atoms. The quantitative estimate of drug-likeness (QED) is 0.642.